The van der Waals surface area contributed by atoms with E-state index >= 15 is 0 Å². The van der Waals surface area contributed by atoms with E-state index in [9.17, 15) is 4.79 Å². The van der Waals surface area contributed by atoms with Crippen molar-refractivity contribution in [3.63, 3.8) is 0 Å². The normalized spacial score (nSPS) is 10.3. The molecule has 0 saturated heterocycles. The molecule has 0 aliphatic rings. The van der Waals surface area contributed by atoms with Gasteiger partial charge in [-0.15, -0.1) is 0 Å². The maximum absolute atomic E-state index is 11.8. The number of nitrogens with one attached hydrogen (secondary N) is 1. The third kappa shape index (κ3) is 4.73. The Morgan fingerprint density at radius 3 is 2.76 bits per heavy atom. The summed E-state index contributed by atoms with van der Waals surface area (Å²) < 4.78 is 0. The fourth-order valence-corrected chi connectivity index (χ4v) is 1.77. The summed E-state index contributed by atoms with van der Waals surface area (Å²) in [6, 6.07) is 3.40. The summed E-state index contributed by atoms with van der Waals surface area (Å²) in [4.78, 5) is 16.0. The number of carbonyl (C=O) groups is 1. The lowest BCUT2D eigenvalue weighted by Gasteiger charge is -2.06. The number of aromatic nitrogens is 1. The molecule has 17 heavy (non-hydrogen) atoms. The van der Waals surface area contributed by atoms with Crippen LogP contribution in [0.2, 0.25) is 5.15 Å². The highest BCUT2D eigenvalue weighted by atomic mass is 35.5. The van der Waals surface area contributed by atoms with Crippen molar-refractivity contribution in [3.8, 4) is 0 Å². The van der Waals surface area contributed by atoms with Crippen molar-refractivity contribution in [3.05, 3.63) is 28.5 Å². The quantitative estimate of drug-likeness (QED) is 0.626. The molecule has 1 aromatic heterocycles. The first-order chi connectivity index (χ1) is 8.17. The Kier molecular flexibility index (Phi) is 5.98. The molecule has 0 aromatic carbocycles. The Balaban J connectivity index is 2.59. The predicted octanol–water partition coefficient (Wildman–Crippen LogP) is 3.22. The van der Waals surface area contributed by atoms with Gasteiger partial charge in [0.05, 0.1) is 0 Å². The zero-order valence-corrected chi connectivity index (χ0v) is 11.2. The summed E-state index contributed by atoms with van der Waals surface area (Å²) in [6.45, 7) is 4.84. The number of hydrogen-bond donors (Lipinski definition) is 1. The van der Waals surface area contributed by atoms with E-state index < -0.39 is 0 Å². The van der Waals surface area contributed by atoms with Gasteiger partial charge in [-0.2, -0.15) is 0 Å². The van der Waals surface area contributed by atoms with Gasteiger partial charge in [0.2, 0.25) is 0 Å². The molecule has 0 spiro atoms. The number of unbranched alkanes of at least 4 members (excludes halogenated alkanes) is 2. The van der Waals surface area contributed by atoms with Crippen LogP contribution >= 0.6 is 11.6 Å². The average Bonchev–Trinajstić information content (AvgIpc) is 2.33. The van der Waals surface area contributed by atoms with Crippen LogP contribution in [-0.4, -0.2) is 17.4 Å². The molecule has 0 aliphatic carbocycles. The maximum atomic E-state index is 11.8. The Morgan fingerprint density at radius 1 is 1.35 bits per heavy atom. The van der Waals surface area contributed by atoms with E-state index in [0.717, 1.165) is 31.4 Å². The summed E-state index contributed by atoms with van der Waals surface area (Å²) in [6.07, 6.45) is 4.08. The molecular formula is C13H19ClN2O. The van der Waals surface area contributed by atoms with Gasteiger partial charge in [-0.05, 0) is 25.0 Å². The maximum Gasteiger partial charge on any atom is 0.251 e. The smallest absolute Gasteiger partial charge is 0.251 e. The monoisotopic (exact) mass is 254 g/mol. The minimum Gasteiger partial charge on any atom is -0.352 e. The minimum atomic E-state index is -0.0693. The van der Waals surface area contributed by atoms with Gasteiger partial charge in [0, 0.05) is 17.8 Å². The van der Waals surface area contributed by atoms with Crippen molar-refractivity contribution in [2.24, 2.45) is 0 Å². The van der Waals surface area contributed by atoms with Gasteiger partial charge in [-0.1, -0.05) is 38.3 Å². The van der Waals surface area contributed by atoms with Crippen LogP contribution in [-0.2, 0) is 6.42 Å². The van der Waals surface area contributed by atoms with Crippen LogP contribution in [0.3, 0.4) is 0 Å². The Hall–Kier alpha value is -1.09. The number of hydrogen-bond acceptors (Lipinski definition) is 2. The van der Waals surface area contributed by atoms with Crippen molar-refractivity contribution in [1.82, 2.24) is 10.3 Å². The lowest BCUT2D eigenvalue weighted by atomic mass is 10.2. The first-order valence-electron chi connectivity index (χ1n) is 6.12. The fraction of sp³-hybridized carbons (Fsp3) is 0.538. The van der Waals surface area contributed by atoms with Gasteiger partial charge in [-0.25, -0.2) is 4.98 Å². The van der Waals surface area contributed by atoms with Crippen LogP contribution in [0.15, 0.2) is 12.1 Å². The molecule has 1 aromatic rings. The van der Waals surface area contributed by atoms with Crippen molar-refractivity contribution >= 4 is 17.5 Å². The van der Waals surface area contributed by atoms with Gasteiger partial charge in [0.15, 0.2) is 0 Å². The zero-order valence-electron chi connectivity index (χ0n) is 10.4. The number of carbonyl (C=O) groups excluding carboxylic acids is 1. The molecule has 94 valence electrons. The van der Waals surface area contributed by atoms with Crippen molar-refractivity contribution < 1.29 is 4.79 Å². The molecule has 0 radical (unpaired) electrons. The predicted molar refractivity (Wildman–Crippen MR) is 70.5 cm³/mol. The highest BCUT2D eigenvalue weighted by Gasteiger charge is 2.07. The van der Waals surface area contributed by atoms with Crippen LogP contribution in [0, 0.1) is 0 Å². The molecule has 0 aliphatic heterocycles. The molecule has 4 heteroatoms. The summed E-state index contributed by atoms with van der Waals surface area (Å²) in [5, 5.41) is 3.26. The summed E-state index contributed by atoms with van der Waals surface area (Å²) in [5.74, 6) is -0.0693. The van der Waals surface area contributed by atoms with E-state index in [1.807, 2.05) is 6.92 Å². The molecule has 0 saturated carbocycles. The second-order valence-corrected chi connectivity index (χ2v) is 4.37. The second kappa shape index (κ2) is 7.28. The molecule has 1 heterocycles. The summed E-state index contributed by atoms with van der Waals surface area (Å²) >= 11 is 5.87. The average molecular weight is 255 g/mol. The number of rotatable bonds is 6. The first kappa shape index (κ1) is 14.0. The summed E-state index contributed by atoms with van der Waals surface area (Å²) in [7, 11) is 0. The zero-order chi connectivity index (χ0) is 12.7. The molecule has 1 rings (SSSR count). The second-order valence-electron chi connectivity index (χ2n) is 3.99. The number of aryl methyl sites for hydroxylation is 1. The number of nitrogens with zero attached hydrogens (tertiary/aromatic N) is 1. The topological polar surface area (TPSA) is 42.0 Å². The first-order valence-corrected chi connectivity index (χ1v) is 6.49. The van der Waals surface area contributed by atoms with Gasteiger partial charge in [-0.3, -0.25) is 4.79 Å². The highest BCUT2D eigenvalue weighted by molar-refractivity contribution is 6.29. The minimum absolute atomic E-state index is 0.0693. The Morgan fingerprint density at radius 2 is 2.12 bits per heavy atom. The third-order valence-electron chi connectivity index (χ3n) is 2.54. The molecule has 0 fully saturated rings. The molecule has 0 bridgehead atoms. The molecule has 1 amide bonds. The van der Waals surface area contributed by atoms with Crippen molar-refractivity contribution in [2.75, 3.05) is 6.54 Å². The van der Waals surface area contributed by atoms with E-state index in [1.165, 1.54) is 0 Å². The Labute approximate surface area is 108 Å². The molecule has 3 nitrogen and oxygen atoms in total. The van der Waals surface area contributed by atoms with Gasteiger partial charge < -0.3 is 5.32 Å². The SMILES string of the molecule is CCCCCNC(=O)c1cc(Cl)nc(CC)c1. The van der Waals surface area contributed by atoms with Gasteiger partial charge in [0.25, 0.3) is 5.91 Å². The van der Waals surface area contributed by atoms with E-state index in [1.54, 1.807) is 12.1 Å². The Bertz CT molecular complexity index is 380. The van der Waals surface area contributed by atoms with E-state index in [-0.39, 0.29) is 5.91 Å². The lowest BCUT2D eigenvalue weighted by molar-refractivity contribution is 0.0952. The van der Waals surface area contributed by atoms with E-state index in [4.69, 9.17) is 11.6 Å². The van der Waals surface area contributed by atoms with Crippen molar-refractivity contribution in [1.29, 1.82) is 0 Å². The van der Waals surface area contributed by atoms with Crippen LogP contribution in [0.4, 0.5) is 0 Å². The van der Waals surface area contributed by atoms with Crippen LogP contribution in [0.1, 0.15) is 49.2 Å². The van der Waals surface area contributed by atoms with Crippen molar-refractivity contribution in [2.45, 2.75) is 39.5 Å². The molecular weight excluding hydrogens is 236 g/mol. The molecule has 0 atom stereocenters. The van der Waals surface area contributed by atoms with Gasteiger partial charge in [0.1, 0.15) is 5.15 Å². The van der Waals surface area contributed by atoms with Crippen LogP contribution in [0.25, 0.3) is 0 Å². The number of amides is 1. The molecule has 1 N–H and O–H groups in total. The number of halogens is 1. The van der Waals surface area contributed by atoms with E-state index in [0.29, 0.717) is 17.3 Å². The fourth-order valence-electron chi connectivity index (χ4n) is 1.54. The van der Waals surface area contributed by atoms with Crippen LogP contribution in [0.5, 0.6) is 0 Å². The highest BCUT2D eigenvalue weighted by Crippen LogP contribution is 2.11. The number of pyridine rings is 1. The largest absolute Gasteiger partial charge is 0.352 e. The van der Waals surface area contributed by atoms with Crippen LogP contribution < -0.4 is 5.32 Å². The summed E-state index contributed by atoms with van der Waals surface area (Å²) in [5.41, 5.74) is 1.44. The van der Waals surface area contributed by atoms with Gasteiger partial charge >= 0.3 is 0 Å². The standard InChI is InChI=1S/C13H19ClN2O/c1-3-5-6-7-15-13(17)10-8-11(4-2)16-12(14)9-10/h8-9H,3-7H2,1-2H3,(H,15,17). The lowest BCUT2D eigenvalue weighted by Crippen LogP contribution is -2.24. The third-order valence-corrected chi connectivity index (χ3v) is 2.73. The van der Waals surface area contributed by atoms with E-state index in [2.05, 4.69) is 17.2 Å². The molecule has 0 unspecified atom stereocenters.